The molecule has 0 bridgehead atoms. The first-order valence-corrected chi connectivity index (χ1v) is 10.9. The van der Waals surface area contributed by atoms with Crippen LogP contribution < -0.4 is 20.1 Å². The first kappa shape index (κ1) is 24.4. The summed E-state index contributed by atoms with van der Waals surface area (Å²) in [5.74, 6) is 1.25. The first-order chi connectivity index (χ1) is 16.0. The van der Waals surface area contributed by atoms with Crippen molar-refractivity contribution in [3.8, 4) is 23.0 Å². The molecule has 0 aliphatic heterocycles. The summed E-state index contributed by atoms with van der Waals surface area (Å²) in [4.78, 5) is 10.9. The minimum atomic E-state index is -0.241. The van der Waals surface area contributed by atoms with E-state index in [1.54, 1.807) is 13.2 Å². The molecule has 0 aliphatic rings. The Balaban J connectivity index is 1.69. The van der Waals surface area contributed by atoms with Crippen molar-refractivity contribution in [2.45, 2.75) is 13.0 Å². The van der Waals surface area contributed by atoms with Crippen LogP contribution in [0.5, 0.6) is 11.8 Å². The number of aromatic nitrogens is 2. The van der Waals surface area contributed by atoms with Crippen molar-refractivity contribution in [1.82, 2.24) is 20.2 Å². The fraction of sp³-hybridized carbons (Fsp3) is 0.360. The first-order valence-electron chi connectivity index (χ1n) is 10.9. The number of ether oxygens (including phenoxy) is 2. The van der Waals surface area contributed by atoms with Gasteiger partial charge in [0.2, 0.25) is 0 Å². The topological polar surface area (TPSA) is 71.5 Å². The second-order valence-corrected chi connectivity index (χ2v) is 7.94. The molecule has 0 saturated carbocycles. The molecule has 0 radical (unpaired) electrons. The van der Waals surface area contributed by atoms with Crippen LogP contribution >= 0.6 is 0 Å². The number of hydrogen-bond acceptors (Lipinski definition) is 7. The van der Waals surface area contributed by atoms with Gasteiger partial charge >= 0.3 is 6.01 Å². The lowest BCUT2D eigenvalue weighted by molar-refractivity contribution is 0.381. The molecule has 176 valence electrons. The maximum atomic E-state index is 14.3. The highest BCUT2D eigenvalue weighted by Gasteiger charge is 2.10. The number of nitrogens with zero attached hydrogens (tertiary/aromatic N) is 3. The number of hydrogen-bond donors (Lipinski definition) is 2. The van der Waals surface area contributed by atoms with Gasteiger partial charge < -0.3 is 25.0 Å². The molecule has 1 heterocycles. The summed E-state index contributed by atoms with van der Waals surface area (Å²) < 4.78 is 24.8. The molecule has 1 aromatic heterocycles. The second-order valence-electron chi connectivity index (χ2n) is 7.94. The van der Waals surface area contributed by atoms with Gasteiger partial charge in [0.1, 0.15) is 17.4 Å². The van der Waals surface area contributed by atoms with Crippen LogP contribution in [0.25, 0.3) is 11.3 Å². The third kappa shape index (κ3) is 7.40. The predicted octanol–water partition coefficient (Wildman–Crippen LogP) is 3.61. The molecule has 2 N–H and O–H groups in total. The van der Waals surface area contributed by atoms with Gasteiger partial charge in [-0.05, 0) is 56.4 Å². The maximum Gasteiger partial charge on any atom is 0.318 e. The van der Waals surface area contributed by atoms with Gasteiger partial charge in [-0.15, -0.1) is 0 Å². The van der Waals surface area contributed by atoms with Gasteiger partial charge in [0.05, 0.1) is 19.9 Å². The van der Waals surface area contributed by atoms with Crippen LogP contribution in [0.2, 0.25) is 0 Å². The molecule has 2 aromatic carbocycles. The Kier molecular flexibility index (Phi) is 8.97. The Morgan fingerprint density at radius 1 is 0.939 bits per heavy atom. The van der Waals surface area contributed by atoms with Crippen LogP contribution in [0.15, 0.2) is 48.5 Å². The molecule has 0 spiro atoms. The van der Waals surface area contributed by atoms with Gasteiger partial charge in [0.15, 0.2) is 0 Å². The number of likely N-dealkylation sites (N-methyl/N-ethyl adjacent to an activating group) is 1. The molecule has 33 heavy (non-hydrogen) atoms. The van der Waals surface area contributed by atoms with E-state index in [2.05, 4.69) is 25.5 Å². The molecular formula is C25H32FN5O2. The molecule has 0 fully saturated rings. The van der Waals surface area contributed by atoms with Crippen LogP contribution in [-0.2, 0) is 13.0 Å². The maximum absolute atomic E-state index is 14.3. The largest absolute Gasteiger partial charge is 0.497 e. The molecule has 0 atom stereocenters. The summed E-state index contributed by atoms with van der Waals surface area (Å²) in [6.45, 7) is 2.80. The third-order valence-electron chi connectivity index (χ3n) is 5.16. The van der Waals surface area contributed by atoms with Crippen LogP contribution in [-0.4, -0.2) is 62.8 Å². The molecule has 0 saturated heterocycles. The minimum Gasteiger partial charge on any atom is -0.497 e. The molecule has 0 aliphatic carbocycles. The molecule has 8 heteroatoms. The summed E-state index contributed by atoms with van der Waals surface area (Å²) in [5.41, 5.74) is 3.26. The zero-order valence-electron chi connectivity index (χ0n) is 19.7. The monoisotopic (exact) mass is 453 g/mol. The van der Waals surface area contributed by atoms with E-state index in [4.69, 9.17) is 9.47 Å². The number of benzene rings is 2. The van der Waals surface area contributed by atoms with Crippen molar-refractivity contribution in [1.29, 1.82) is 0 Å². The van der Waals surface area contributed by atoms with E-state index >= 15 is 0 Å². The van der Waals surface area contributed by atoms with E-state index in [9.17, 15) is 4.39 Å². The summed E-state index contributed by atoms with van der Waals surface area (Å²) in [5, 5.41) is 6.61. The van der Waals surface area contributed by atoms with E-state index < -0.39 is 0 Å². The fourth-order valence-corrected chi connectivity index (χ4v) is 3.28. The molecule has 0 unspecified atom stereocenters. The van der Waals surface area contributed by atoms with Crippen molar-refractivity contribution in [3.63, 3.8) is 0 Å². The highest BCUT2D eigenvalue weighted by atomic mass is 19.1. The van der Waals surface area contributed by atoms with Crippen LogP contribution in [0.3, 0.4) is 0 Å². The van der Waals surface area contributed by atoms with Crippen LogP contribution in [0, 0.1) is 5.82 Å². The lowest BCUT2D eigenvalue weighted by Gasteiger charge is -2.12. The fourth-order valence-electron chi connectivity index (χ4n) is 3.28. The number of methoxy groups -OCH3 is 2. The summed E-state index contributed by atoms with van der Waals surface area (Å²) >= 11 is 0. The normalized spacial score (nSPS) is 11.0. The van der Waals surface area contributed by atoms with Crippen molar-refractivity contribution in [2.75, 3.05) is 53.3 Å². The van der Waals surface area contributed by atoms with E-state index in [0.717, 1.165) is 30.8 Å². The average molecular weight is 454 g/mol. The van der Waals surface area contributed by atoms with Crippen LogP contribution in [0.1, 0.15) is 11.1 Å². The third-order valence-corrected chi connectivity index (χ3v) is 5.16. The molecule has 7 nitrogen and oxygen atoms in total. The summed E-state index contributed by atoms with van der Waals surface area (Å²) in [7, 11) is 7.20. The summed E-state index contributed by atoms with van der Waals surface area (Å²) in [6, 6.07) is 15.1. The van der Waals surface area contributed by atoms with E-state index in [1.165, 1.54) is 18.7 Å². The van der Waals surface area contributed by atoms with E-state index in [0.29, 0.717) is 30.2 Å². The van der Waals surface area contributed by atoms with Crippen molar-refractivity contribution < 1.29 is 13.9 Å². The number of halogens is 1. The van der Waals surface area contributed by atoms with Crippen LogP contribution in [0.4, 0.5) is 10.2 Å². The van der Waals surface area contributed by atoms with Gasteiger partial charge in [-0.25, -0.2) is 4.39 Å². The Hall–Kier alpha value is -3.23. The molecule has 0 amide bonds. The van der Waals surface area contributed by atoms with Crippen molar-refractivity contribution >= 4 is 5.82 Å². The van der Waals surface area contributed by atoms with Gasteiger partial charge in [0.25, 0.3) is 0 Å². The van der Waals surface area contributed by atoms with Gasteiger partial charge in [-0.3, -0.25) is 0 Å². The standard InChI is InChI=1S/C25H32FN5O2/c1-31(2)14-13-27-17-20-15-19(7-10-22(20)26)23-16-24(30-25(29-23)33-4)28-12-11-18-5-8-21(32-3)9-6-18/h5-10,15-16,27H,11-14,17H2,1-4H3,(H,28,29,30). The number of rotatable bonds is 12. The van der Waals surface area contributed by atoms with E-state index in [1.807, 2.05) is 50.5 Å². The lowest BCUT2D eigenvalue weighted by atomic mass is 10.1. The highest BCUT2D eigenvalue weighted by Crippen LogP contribution is 2.24. The van der Waals surface area contributed by atoms with Crippen molar-refractivity contribution in [3.05, 3.63) is 65.5 Å². The lowest BCUT2D eigenvalue weighted by Crippen LogP contribution is -2.26. The average Bonchev–Trinajstić information content (AvgIpc) is 2.83. The van der Waals surface area contributed by atoms with Gasteiger partial charge in [-0.2, -0.15) is 9.97 Å². The molecular weight excluding hydrogens is 421 g/mol. The van der Waals surface area contributed by atoms with Gasteiger partial charge in [-0.1, -0.05) is 12.1 Å². The Bertz CT molecular complexity index is 1030. The smallest absolute Gasteiger partial charge is 0.318 e. The molecule has 3 rings (SSSR count). The Morgan fingerprint density at radius 2 is 1.73 bits per heavy atom. The summed E-state index contributed by atoms with van der Waals surface area (Å²) in [6.07, 6.45) is 0.824. The highest BCUT2D eigenvalue weighted by molar-refractivity contribution is 5.64. The Morgan fingerprint density at radius 3 is 2.42 bits per heavy atom. The van der Waals surface area contributed by atoms with E-state index in [-0.39, 0.29) is 11.8 Å². The SMILES string of the molecule is COc1ccc(CCNc2cc(-c3ccc(F)c(CNCCN(C)C)c3)nc(OC)n2)cc1. The Labute approximate surface area is 195 Å². The minimum absolute atomic E-state index is 0.241. The second kappa shape index (κ2) is 12.1. The molecule has 3 aromatic rings. The predicted molar refractivity (Wildman–Crippen MR) is 129 cm³/mol. The quantitative estimate of drug-likeness (QED) is 0.406. The number of nitrogens with one attached hydrogen (secondary N) is 2. The number of anilines is 1. The van der Waals surface area contributed by atoms with Gasteiger partial charge in [0, 0.05) is 43.4 Å². The zero-order valence-corrected chi connectivity index (χ0v) is 19.7. The van der Waals surface area contributed by atoms with Crippen molar-refractivity contribution in [2.24, 2.45) is 0 Å². The zero-order chi connectivity index (χ0) is 23.6.